The number of halogens is 2. The number of esters is 10. The van der Waals surface area contributed by atoms with E-state index >= 15 is 8.78 Å². The van der Waals surface area contributed by atoms with Crippen LogP contribution in [0.5, 0.6) is 17.2 Å². The summed E-state index contributed by atoms with van der Waals surface area (Å²) < 4.78 is 114. The number of carbonyl (C=O) groups is 10. The number of rotatable bonds is 33. The maximum atomic E-state index is 16.0. The van der Waals surface area contributed by atoms with Crippen molar-refractivity contribution < 1.29 is 133 Å². The van der Waals surface area contributed by atoms with Gasteiger partial charge in [0.1, 0.15) is 48.9 Å². The molecule has 0 N–H and O–H groups in total. The second-order valence-corrected chi connectivity index (χ2v) is 16.1. The molecule has 1 heterocycles. The first-order chi connectivity index (χ1) is 38.1. The lowest BCUT2D eigenvalue weighted by atomic mass is 9.86. The molecule has 0 saturated heterocycles. The lowest BCUT2D eigenvalue weighted by molar-refractivity contribution is -0.174. The Labute approximate surface area is 454 Å². The average Bonchev–Trinajstić information content (AvgIpc) is 3.57. The van der Waals surface area contributed by atoms with Crippen molar-refractivity contribution >= 4 is 71.0 Å². The van der Waals surface area contributed by atoms with Gasteiger partial charge in [-0.15, -0.1) is 0 Å². The van der Waals surface area contributed by atoms with E-state index in [1.165, 1.54) is 29.2 Å². The van der Waals surface area contributed by atoms with Gasteiger partial charge >= 0.3 is 59.7 Å². The standard InChI is InChI=1S/C50H56F2N2O26/c1-29(55)68-22-66-23-76-48(63)20-54(21-49(64)79-28-73-34(6)60)40-8-7-35(13-45(40)67-12-11-65-10-9-53(18-46(61)77-26-71-32(4)58)19-47(62)78-27-72-33(5)59)50-36-14-38(51)43(74-24-69-30(2)56)16-41(36)80-42-17-44(39(52)15-37(42)50)75-25-70-31(3)57/h7-8,13-17,43H,9-12,18-28H2,1-6H3. The van der Waals surface area contributed by atoms with Crippen LogP contribution in [0.15, 0.2) is 59.6 Å². The number of nitrogens with zero attached hydrogens (tertiary/aromatic N) is 2. The molecule has 436 valence electrons. The maximum absolute atomic E-state index is 16.0. The summed E-state index contributed by atoms with van der Waals surface area (Å²) in [6.45, 7) is -1.72. The predicted molar refractivity (Wildman–Crippen MR) is 257 cm³/mol. The van der Waals surface area contributed by atoms with Crippen molar-refractivity contribution in [2.45, 2.75) is 47.6 Å². The number of benzene rings is 2. The number of fused-ring (bicyclic) bond motifs is 2. The fourth-order valence-electron chi connectivity index (χ4n) is 6.53. The smallest absolute Gasteiger partial charge is 0.328 e. The zero-order chi connectivity index (χ0) is 58.7. The second-order valence-electron chi connectivity index (χ2n) is 16.1. The van der Waals surface area contributed by atoms with E-state index in [1.54, 1.807) is 0 Å². The van der Waals surface area contributed by atoms with Gasteiger partial charge in [-0.1, -0.05) is 6.07 Å². The molecule has 2 aliphatic rings. The Kier molecular flexibility index (Phi) is 26.2. The van der Waals surface area contributed by atoms with Crippen molar-refractivity contribution in [3.63, 3.8) is 0 Å². The summed E-state index contributed by atoms with van der Waals surface area (Å²) in [5.74, 6) is -10.8. The van der Waals surface area contributed by atoms with E-state index in [4.69, 9.17) is 61.6 Å². The molecule has 1 unspecified atom stereocenters. The van der Waals surface area contributed by atoms with Crippen LogP contribution >= 0.6 is 0 Å². The molecule has 0 fully saturated rings. The summed E-state index contributed by atoms with van der Waals surface area (Å²) in [4.78, 5) is 122. The minimum absolute atomic E-state index is 0.0122. The third-order valence-electron chi connectivity index (χ3n) is 9.97. The summed E-state index contributed by atoms with van der Waals surface area (Å²) in [6, 6.07) is 6.31. The van der Waals surface area contributed by atoms with Crippen LogP contribution in [0.4, 0.5) is 14.5 Å². The molecular weight excluding hydrogens is 1080 g/mol. The van der Waals surface area contributed by atoms with Crippen LogP contribution in [0.1, 0.15) is 52.7 Å². The normalized spacial score (nSPS) is 13.1. The predicted octanol–water partition coefficient (Wildman–Crippen LogP) is 2.31. The molecule has 0 bridgehead atoms. The average molecular weight is 1140 g/mol. The minimum Gasteiger partial charge on any atom is -0.489 e. The largest absolute Gasteiger partial charge is 0.489 e. The first-order valence-electron chi connectivity index (χ1n) is 23.5. The molecule has 0 aromatic heterocycles. The van der Waals surface area contributed by atoms with Crippen LogP contribution in [0.2, 0.25) is 0 Å². The quantitative estimate of drug-likeness (QED) is 0.0428. The number of ether oxygens (including phenoxy) is 16. The van der Waals surface area contributed by atoms with E-state index in [2.05, 4.69) is 14.2 Å². The summed E-state index contributed by atoms with van der Waals surface area (Å²) in [7, 11) is 0. The summed E-state index contributed by atoms with van der Waals surface area (Å²) >= 11 is 0. The van der Waals surface area contributed by atoms with Crippen LogP contribution in [0.25, 0.3) is 5.57 Å². The van der Waals surface area contributed by atoms with Crippen molar-refractivity contribution in [1.29, 1.82) is 0 Å². The van der Waals surface area contributed by atoms with Gasteiger partial charge in [0.2, 0.25) is 27.2 Å². The first kappa shape index (κ1) is 63.8. The first-order valence-corrected chi connectivity index (χ1v) is 23.5. The highest BCUT2D eigenvalue weighted by Crippen LogP contribution is 2.47. The molecule has 4 rings (SSSR count). The molecule has 0 amide bonds. The monoisotopic (exact) mass is 1140 g/mol. The molecular formula is C50H56F2N2O26. The lowest BCUT2D eigenvalue weighted by Crippen LogP contribution is -2.38. The topological polar surface area (TPSA) is 325 Å². The Hall–Kier alpha value is -8.74. The molecule has 30 heteroatoms. The van der Waals surface area contributed by atoms with Crippen molar-refractivity contribution in [2.24, 2.45) is 0 Å². The zero-order valence-corrected chi connectivity index (χ0v) is 44.0. The Morgan fingerprint density at radius 3 is 1.61 bits per heavy atom. The van der Waals surface area contributed by atoms with E-state index in [9.17, 15) is 47.9 Å². The van der Waals surface area contributed by atoms with Gasteiger partial charge < -0.3 is 80.7 Å². The molecule has 28 nitrogen and oxygen atoms in total. The second kappa shape index (κ2) is 32.9. The minimum atomic E-state index is -1.45. The molecule has 2 aromatic rings. The van der Waals surface area contributed by atoms with E-state index in [0.29, 0.717) is 0 Å². The Bertz CT molecular complexity index is 2650. The van der Waals surface area contributed by atoms with E-state index in [0.717, 1.165) is 64.7 Å². The van der Waals surface area contributed by atoms with Gasteiger partial charge in [-0.2, -0.15) is 0 Å². The molecule has 80 heavy (non-hydrogen) atoms. The van der Waals surface area contributed by atoms with Gasteiger partial charge in [0.05, 0.1) is 32.0 Å². The Morgan fingerprint density at radius 1 is 0.525 bits per heavy atom. The van der Waals surface area contributed by atoms with Gasteiger partial charge in [0, 0.05) is 70.9 Å². The van der Waals surface area contributed by atoms with Crippen molar-refractivity contribution in [2.75, 3.05) is 105 Å². The van der Waals surface area contributed by atoms with Crippen LogP contribution in [0, 0.1) is 5.82 Å². The van der Waals surface area contributed by atoms with Gasteiger partial charge in [-0.25, -0.2) is 8.78 Å². The molecule has 0 saturated carbocycles. The number of anilines is 1. The SMILES string of the molecule is CC(=O)OCOCOC(=O)CN(CC(=O)OCOC(C)=O)c1ccc(C2=C3C=C(F)C(OCOC(C)=O)C=C3Oc3cc(OCOC(C)=O)c(F)cc32)cc1OCCOCCN(CC(=O)OCOC(C)=O)CC(=O)OCOC(C)=O. The summed E-state index contributed by atoms with van der Waals surface area (Å²) in [5, 5.41) is 0. The third-order valence-corrected chi connectivity index (χ3v) is 9.97. The molecule has 2 aromatic carbocycles. The van der Waals surface area contributed by atoms with Crippen LogP contribution in [-0.2, 0) is 110 Å². The number of carbonyl (C=O) groups excluding carboxylic acids is 10. The highest BCUT2D eigenvalue weighted by atomic mass is 19.1. The van der Waals surface area contributed by atoms with Gasteiger partial charge in [-0.3, -0.25) is 52.8 Å². The Balaban J connectivity index is 1.77. The zero-order valence-electron chi connectivity index (χ0n) is 44.0. The maximum Gasteiger partial charge on any atom is 0.328 e. The van der Waals surface area contributed by atoms with Crippen molar-refractivity contribution in [1.82, 2.24) is 4.90 Å². The van der Waals surface area contributed by atoms with Gasteiger partial charge in [0.25, 0.3) is 0 Å². The van der Waals surface area contributed by atoms with Gasteiger partial charge in [0.15, 0.2) is 31.9 Å². The van der Waals surface area contributed by atoms with E-state index in [-0.39, 0.29) is 71.6 Å². The molecule has 1 aliphatic carbocycles. The fraction of sp³-hybridized carbons (Fsp3) is 0.440. The Morgan fingerprint density at radius 2 is 1.04 bits per heavy atom. The number of hydrogen-bond donors (Lipinski definition) is 0. The van der Waals surface area contributed by atoms with E-state index in [1.807, 2.05) is 0 Å². The third kappa shape index (κ3) is 22.7. The lowest BCUT2D eigenvalue weighted by Gasteiger charge is -2.30. The number of hydrogen-bond acceptors (Lipinski definition) is 28. The van der Waals surface area contributed by atoms with Crippen molar-refractivity contribution in [3.8, 4) is 17.2 Å². The highest BCUT2D eigenvalue weighted by molar-refractivity contribution is 5.92. The van der Waals surface area contributed by atoms with Crippen LogP contribution in [-0.4, -0.2) is 171 Å². The highest BCUT2D eigenvalue weighted by Gasteiger charge is 2.33. The van der Waals surface area contributed by atoms with Crippen molar-refractivity contribution in [3.05, 3.63) is 76.6 Å². The summed E-state index contributed by atoms with van der Waals surface area (Å²) in [5.41, 5.74) is 0.259. The van der Waals surface area contributed by atoms with Gasteiger partial charge in [-0.05, 0) is 35.9 Å². The van der Waals surface area contributed by atoms with Crippen LogP contribution in [0.3, 0.4) is 0 Å². The van der Waals surface area contributed by atoms with E-state index < -0.39 is 157 Å². The molecule has 0 spiro atoms. The fourth-order valence-corrected chi connectivity index (χ4v) is 6.53. The molecule has 0 radical (unpaired) electrons. The molecule has 1 aliphatic heterocycles. The number of allylic oxidation sites excluding steroid dienone is 1. The summed E-state index contributed by atoms with van der Waals surface area (Å²) in [6.07, 6.45) is 0.796. The van der Waals surface area contributed by atoms with Crippen LogP contribution < -0.4 is 19.1 Å². The molecule has 1 atom stereocenters.